The predicted octanol–water partition coefficient (Wildman–Crippen LogP) is 2.92. The highest BCUT2D eigenvalue weighted by Gasteiger charge is 2.60. The molecule has 0 spiro atoms. The van der Waals surface area contributed by atoms with Gasteiger partial charge in [0.15, 0.2) is 4.34 Å². The number of carbonyl (C=O) groups excluding carboxylic acids is 1. The van der Waals surface area contributed by atoms with Crippen molar-refractivity contribution in [2.24, 2.45) is 17.3 Å². The highest BCUT2D eigenvalue weighted by Crippen LogP contribution is 2.61. The van der Waals surface area contributed by atoms with Gasteiger partial charge in [0.25, 0.3) is 0 Å². The lowest BCUT2D eigenvalue weighted by atomic mass is 9.47. The van der Waals surface area contributed by atoms with Crippen molar-refractivity contribution >= 4 is 34.1 Å². The Balaban J connectivity index is 1.52. The summed E-state index contributed by atoms with van der Waals surface area (Å²) in [6.07, 6.45) is 5.42. The molecule has 4 aliphatic rings. The number of nitrogens with zero attached hydrogens (tertiary/aromatic N) is 2. The average molecular weight is 339 g/mol. The number of aliphatic hydroxyl groups is 1. The molecule has 0 saturated heterocycles. The van der Waals surface area contributed by atoms with E-state index in [-0.39, 0.29) is 11.3 Å². The van der Waals surface area contributed by atoms with Crippen LogP contribution in [0.3, 0.4) is 0 Å². The molecule has 1 aromatic rings. The first-order chi connectivity index (χ1) is 10.5. The van der Waals surface area contributed by atoms with Crippen molar-refractivity contribution < 1.29 is 9.90 Å². The highest BCUT2D eigenvalue weighted by atomic mass is 32.2. The number of hydrogen-bond donors (Lipinski definition) is 2. The maximum atomic E-state index is 12.9. The summed E-state index contributed by atoms with van der Waals surface area (Å²) in [5, 5.41) is 22.5. The summed E-state index contributed by atoms with van der Waals surface area (Å²) >= 11 is 3.07. The van der Waals surface area contributed by atoms with E-state index in [1.54, 1.807) is 11.8 Å². The molecule has 4 bridgehead atoms. The van der Waals surface area contributed by atoms with Crippen molar-refractivity contribution in [2.45, 2.75) is 55.4 Å². The van der Waals surface area contributed by atoms with Crippen molar-refractivity contribution in [3.63, 3.8) is 0 Å². The van der Waals surface area contributed by atoms with E-state index in [2.05, 4.69) is 22.4 Å². The number of amides is 1. The lowest BCUT2D eigenvalue weighted by Gasteiger charge is -2.59. The van der Waals surface area contributed by atoms with Crippen molar-refractivity contribution in [3.8, 4) is 0 Å². The minimum absolute atomic E-state index is 0.0456. The van der Waals surface area contributed by atoms with E-state index in [4.69, 9.17) is 0 Å². The summed E-state index contributed by atoms with van der Waals surface area (Å²) in [4.78, 5) is 12.9. The highest BCUT2D eigenvalue weighted by molar-refractivity contribution is 8.01. The molecule has 1 aromatic heterocycles. The van der Waals surface area contributed by atoms with E-state index in [1.807, 2.05) is 0 Å². The fourth-order valence-corrected chi connectivity index (χ4v) is 6.80. The number of hydrogen-bond acceptors (Lipinski definition) is 6. The summed E-state index contributed by atoms with van der Waals surface area (Å²) in [6, 6.07) is 0. The Labute approximate surface area is 138 Å². The van der Waals surface area contributed by atoms with Gasteiger partial charge in [-0.2, -0.15) is 0 Å². The van der Waals surface area contributed by atoms with Crippen molar-refractivity contribution in [1.82, 2.24) is 10.2 Å². The molecule has 5 nitrogen and oxygen atoms in total. The average Bonchev–Trinajstić information content (AvgIpc) is 2.83. The number of rotatable bonds is 4. The molecule has 4 aliphatic carbocycles. The molecule has 22 heavy (non-hydrogen) atoms. The summed E-state index contributed by atoms with van der Waals surface area (Å²) in [6.45, 7) is 2.07. The van der Waals surface area contributed by atoms with Crippen LogP contribution in [0.2, 0.25) is 0 Å². The molecule has 0 aromatic carbocycles. The van der Waals surface area contributed by atoms with Gasteiger partial charge in [0.05, 0.1) is 11.0 Å². The van der Waals surface area contributed by atoms with Gasteiger partial charge in [-0.15, -0.1) is 10.2 Å². The third-order valence-corrected chi connectivity index (χ3v) is 7.26. The molecule has 1 amide bonds. The van der Waals surface area contributed by atoms with Gasteiger partial charge in [0, 0.05) is 0 Å². The van der Waals surface area contributed by atoms with Gasteiger partial charge in [-0.05, 0) is 56.1 Å². The van der Waals surface area contributed by atoms with Crippen molar-refractivity contribution in [1.29, 1.82) is 0 Å². The SMILES string of the molecule is CCSc1nnc(NC(=O)C23CC4CC(CC(O)(C4)C2)C3)s1. The monoisotopic (exact) mass is 339 g/mol. The Morgan fingerprint density at radius 2 is 2.09 bits per heavy atom. The molecule has 0 aliphatic heterocycles. The molecule has 5 rings (SSSR count). The van der Waals surface area contributed by atoms with E-state index < -0.39 is 5.60 Å². The van der Waals surface area contributed by atoms with Crippen LogP contribution < -0.4 is 5.32 Å². The standard InChI is InChI=1S/C15H21N3O2S2/c1-2-21-13-18-17-12(22-13)16-11(19)14-4-9-3-10(5-14)7-15(20,6-9)8-14/h9-10,20H,2-8H2,1H3,(H,16,17,19). The van der Waals surface area contributed by atoms with E-state index in [1.165, 1.54) is 17.8 Å². The number of anilines is 1. The van der Waals surface area contributed by atoms with E-state index in [0.717, 1.165) is 35.8 Å². The van der Waals surface area contributed by atoms with Crippen LogP contribution in [0.25, 0.3) is 0 Å². The fourth-order valence-electron chi connectivity index (χ4n) is 5.15. The van der Waals surface area contributed by atoms with E-state index in [9.17, 15) is 9.90 Å². The Morgan fingerprint density at radius 3 is 2.73 bits per heavy atom. The van der Waals surface area contributed by atoms with Crippen LogP contribution in [-0.2, 0) is 4.79 Å². The van der Waals surface area contributed by atoms with Crippen LogP contribution in [0.4, 0.5) is 5.13 Å². The quantitative estimate of drug-likeness (QED) is 0.652. The number of carbonyl (C=O) groups is 1. The number of nitrogens with one attached hydrogen (secondary N) is 1. The van der Waals surface area contributed by atoms with Crippen molar-refractivity contribution in [2.75, 3.05) is 11.1 Å². The van der Waals surface area contributed by atoms with Crippen LogP contribution in [-0.4, -0.2) is 32.6 Å². The van der Waals surface area contributed by atoms with Gasteiger partial charge in [-0.1, -0.05) is 30.0 Å². The minimum atomic E-state index is -0.605. The zero-order valence-corrected chi connectivity index (χ0v) is 14.3. The second kappa shape index (κ2) is 5.18. The molecule has 7 heteroatoms. The molecule has 0 radical (unpaired) electrons. The molecule has 2 N–H and O–H groups in total. The minimum Gasteiger partial charge on any atom is -0.390 e. The Bertz CT molecular complexity index is 589. The second-order valence-electron chi connectivity index (χ2n) is 7.23. The van der Waals surface area contributed by atoms with Gasteiger partial charge in [-0.3, -0.25) is 4.79 Å². The third-order valence-electron chi connectivity index (χ3n) is 5.41. The van der Waals surface area contributed by atoms with Gasteiger partial charge < -0.3 is 10.4 Å². The number of aromatic nitrogens is 2. The van der Waals surface area contributed by atoms with Crippen LogP contribution >= 0.6 is 23.1 Å². The van der Waals surface area contributed by atoms with Crippen LogP contribution in [0.5, 0.6) is 0 Å². The summed E-state index contributed by atoms with van der Waals surface area (Å²) < 4.78 is 0.891. The topological polar surface area (TPSA) is 75.1 Å². The van der Waals surface area contributed by atoms with Crippen LogP contribution in [0.1, 0.15) is 45.4 Å². The molecular formula is C15H21N3O2S2. The molecule has 1 heterocycles. The molecular weight excluding hydrogens is 318 g/mol. The van der Waals surface area contributed by atoms with Gasteiger partial charge in [-0.25, -0.2) is 0 Å². The predicted molar refractivity (Wildman–Crippen MR) is 87.0 cm³/mol. The smallest absolute Gasteiger partial charge is 0.232 e. The van der Waals surface area contributed by atoms with Crippen molar-refractivity contribution in [3.05, 3.63) is 0 Å². The molecule has 4 fully saturated rings. The van der Waals surface area contributed by atoms with E-state index >= 15 is 0 Å². The first kappa shape index (κ1) is 14.9. The third kappa shape index (κ3) is 2.47. The van der Waals surface area contributed by atoms with E-state index in [0.29, 0.717) is 23.4 Å². The zero-order valence-electron chi connectivity index (χ0n) is 12.7. The first-order valence-corrected chi connectivity index (χ1v) is 9.81. The maximum absolute atomic E-state index is 12.9. The Hall–Kier alpha value is -0.660. The summed E-state index contributed by atoms with van der Waals surface area (Å²) in [5.41, 5.74) is -0.992. The maximum Gasteiger partial charge on any atom is 0.232 e. The molecule has 4 saturated carbocycles. The molecule has 2 unspecified atom stereocenters. The first-order valence-electron chi connectivity index (χ1n) is 8.00. The molecule has 120 valence electrons. The lowest BCUT2D eigenvalue weighted by Crippen LogP contribution is -2.59. The summed E-state index contributed by atoms with van der Waals surface area (Å²) in [7, 11) is 0. The Morgan fingerprint density at radius 1 is 1.36 bits per heavy atom. The fraction of sp³-hybridized carbons (Fsp3) is 0.800. The largest absolute Gasteiger partial charge is 0.390 e. The second-order valence-corrected chi connectivity index (χ2v) is 9.71. The molecule has 2 atom stereocenters. The Kier molecular flexibility index (Phi) is 3.51. The van der Waals surface area contributed by atoms with Crippen LogP contribution in [0, 0.1) is 17.3 Å². The zero-order chi connectivity index (χ0) is 15.4. The summed E-state index contributed by atoms with van der Waals surface area (Å²) in [5.74, 6) is 2.02. The van der Waals surface area contributed by atoms with Gasteiger partial charge in [0.2, 0.25) is 11.0 Å². The lowest BCUT2D eigenvalue weighted by molar-refractivity contribution is -0.174. The van der Waals surface area contributed by atoms with Gasteiger partial charge in [0.1, 0.15) is 0 Å². The number of thioether (sulfide) groups is 1. The van der Waals surface area contributed by atoms with Gasteiger partial charge >= 0.3 is 0 Å². The normalized spacial score (nSPS) is 39.2. The van der Waals surface area contributed by atoms with Crippen LogP contribution in [0.15, 0.2) is 4.34 Å².